The number of nitriles is 1. The van der Waals surface area contributed by atoms with Gasteiger partial charge in [-0.15, -0.1) is 0 Å². The Kier molecular flexibility index (Phi) is 8.14. The number of hydrogen-bond acceptors (Lipinski definition) is 5. The third kappa shape index (κ3) is 5.67. The van der Waals surface area contributed by atoms with Crippen LogP contribution in [0, 0.1) is 17.2 Å². The summed E-state index contributed by atoms with van der Waals surface area (Å²) in [7, 11) is 0. The number of carbonyl (C=O) groups is 2. The SMILES string of the molecule is CCOc1cc(/C=C2/C(=O)N(CC(C)C)C(=O)C(C#N)=C2C)ccc1OCc1ccc(Cl)cc1. The lowest BCUT2D eigenvalue weighted by atomic mass is 9.93. The molecule has 1 heterocycles. The van der Waals surface area contributed by atoms with Gasteiger partial charge in [0.05, 0.1) is 6.61 Å². The van der Waals surface area contributed by atoms with Crippen molar-refractivity contribution in [2.75, 3.05) is 13.2 Å². The lowest BCUT2D eigenvalue weighted by Crippen LogP contribution is -2.44. The number of rotatable bonds is 8. The summed E-state index contributed by atoms with van der Waals surface area (Å²) in [6, 6.07) is 14.7. The van der Waals surface area contributed by atoms with E-state index in [1.807, 2.05) is 45.0 Å². The molecule has 1 aliphatic rings. The van der Waals surface area contributed by atoms with Crippen LogP contribution in [0.1, 0.15) is 38.8 Å². The summed E-state index contributed by atoms with van der Waals surface area (Å²) < 4.78 is 11.7. The molecule has 0 aliphatic carbocycles. The number of halogens is 1. The van der Waals surface area contributed by atoms with Crippen LogP contribution in [0.5, 0.6) is 11.5 Å². The molecule has 0 N–H and O–H groups in total. The Morgan fingerprint density at radius 2 is 1.76 bits per heavy atom. The van der Waals surface area contributed by atoms with Gasteiger partial charge in [-0.25, -0.2) is 0 Å². The lowest BCUT2D eigenvalue weighted by Gasteiger charge is -2.28. The van der Waals surface area contributed by atoms with Crippen LogP contribution in [0.25, 0.3) is 6.08 Å². The van der Waals surface area contributed by atoms with E-state index in [9.17, 15) is 14.9 Å². The first-order valence-electron chi connectivity index (χ1n) is 11.1. The third-order valence-electron chi connectivity index (χ3n) is 5.26. The molecule has 7 heteroatoms. The minimum absolute atomic E-state index is 0.0144. The second-order valence-corrected chi connectivity index (χ2v) is 8.78. The fourth-order valence-corrected chi connectivity index (χ4v) is 3.70. The van der Waals surface area contributed by atoms with E-state index in [1.54, 1.807) is 37.3 Å². The van der Waals surface area contributed by atoms with Crippen molar-refractivity contribution >= 4 is 29.5 Å². The van der Waals surface area contributed by atoms with E-state index >= 15 is 0 Å². The summed E-state index contributed by atoms with van der Waals surface area (Å²) in [5.41, 5.74) is 2.33. The van der Waals surface area contributed by atoms with E-state index in [1.165, 1.54) is 0 Å². The summed E-state index contributed by atoms with van der Waals surface area (Å²) in [5.74, 6) is 0.226. The fourth-order valence-electron chi connectivity index (χ4n) is 3.57. The zero-order valence-corrected chi connectivity index (χ0v) is 20.5. The Labute approximate surface area is 205 Å². The largest absolute Gasteiger partial charge is 0.490 e. The van der Waals surface area contributed by atoms with Crippen molar-refractivity contribution in [2.45, 2.75) is 34.3 Å². The van der Waals surface area contributed by atoms with Crippen molar-refractivity contribution in [1.82, 2.24) is 4.90 Å². The second-order valence-electron chi connectivity index (χ2n) is 8.34. The number of benzene rings is 2. The average Bonchev–Trinajstić information content (AvgIpc) is 2.80. The maximum absolute atomic E-state index is 13.1. The molecule has 0 radical (unpaired) electrons. The van der Waals surface area contributed by atoms with Crippen LogP contribution in [-0.4, -0.2) is 29.9 Å². The zero-order chi connectivity index (χ0) is 24.8. The third-order valence-corrected chi connectivity index (χ3v) is 5.51. The molecule has 1 aliphatic heterocycles. The molecule has 0 saturated heterocycles. The predicted molar refractivity (Wildman–Crippen MR) is 131 cm³/mol. The van der Waals surface area contributed by atoms with Gasteiger partial charge in [0, 0.05) is 17.1 Å². The Bertz CT molecular complexity index is 1190. The number of nitrogens with zero attached hydrogens (tertiary/aromatic N) is 2. The normalized spacial score (nSPS) is 15.2. The van der Waals surface area contributed by atoms with Gasteiger partial charge in [-0.2, -0.15) is 5.26 Å². The van der Waals surface area contributed by atoms with Crippen LogP contribution in [-0.2, 0) is 16.2 Å². The number of amides is 2. The minimum Gasteiger partial charge on any atom is -0.490 e. The standard InChI is InChI=1S/C27H27ClN2O4/c1-5-33-25-13-20(8-11-24(25)34-16-19-6-9-21(28)10-7-19)12-22-18(4)23(14-29)27(32)30(26(22)31)15-17(2)3/h6-13,17H,5,15-16H2,1-4H3/b22-12+. The molecule has 0 aromatic heterocycles. The molecule has 0 fully saturated rings. The van der Waals surface area contributed by atoms with Gasteiger partial charge in [-0.05, 0) is 66.8 Å². The highest BCUT2D eigenvalue weighted by Gasteiger charge is 2.35. The van der Waals surface area contributed by atoms with Crippen molar-refractivity contribution < 1.29 is 19.1 Å². The number of ether oxygens (including phenoxy) is 2. The van der Waals surface area contributed by atoms with Crippen LogP contribution in [0.4, 0.5) is 0 Å². The summed E-state index contributed by atoms with van der Waals surface area (Å²) >= 11 is 5.94. The molecule has 6 nitrogen and oxygen atoms in total. The van der Waals surface area contributed by atoms with Crippen molar-refractivity contribution in [2.24, 2.45) is 5.92 Å². The molecule has 2 amide bonds. The Hall–Kier alpha value is -3.56. The van der Waals surface area contributed by atoms with E-state index in [0.29, 0.717) is 46.4 Å². The van der Waals surface area contributed by atoms with E-state index in [0.717, 1.165) is 10.5 Å². The molecule has 0 bridgehead atoms. The maximum Gasteiger partial charge on any atom is 0.271 e. The molecule has 176 valence electrons. The number of imide groups is 1. The zero-order valence-electron chi connectivity index (χ0n) is 19.7. The van der Waals surface area contributed by atoms with Crippen molar-refractivity contribution in [3.63, 3.8) is 0 Å². The van der Waals surface area contributed by atoms with Gasteiger partial charge in [0.1, 0.15) is 18.2 Å². The molecule has 34 heavy (non-hydrogen) atoms. The molecule has 0 atom stereocenters. The maximum atomic E-state index is 13.1. The summed E-state index contributed by atoms with van der Waals surface area (Å²) in [4.78, 5) is 26.9. The molecule has 0 saturated carbocycles. The highest BCUT2D eigenvalue weighted by Crippen LogP contribution is 2.32. The Balaban J connectivity index is 1.94. The van der Waals surface area contributed by atoms with Crippen molar-refractivity contribution in [3.8, 4) is 17.6 Å². The van der Waals surface area contributed by atoms with Crippen LogP contribution in [0.15, 0.2) is 59.2 Å². The molecule has 2 aromatic carbocycles. The molecule has 2 aromatic rings. The highest BCUT2D eigenvalue weighted by molar-refractivity contribution is 6.30. The molecule has 0 spiro atoms. The van der Waals surface area contributed by atoms with Crippen molar-refractivity contribution in [3.05, 3.63) is 75.3 Å². The summed E-state index contributed by atoms with van der Waals surface area (Å²) in [5, 5.41) is 10.2. The van der Waals surface area contributed by atoms with Crippen LogP contribution >= 0.6 is 11.6 Å². The molecular weight excluding hydrogens is 452 g/mol. The molecule has 3 rings (SSSR count). The first-order chi connectivity index (χ1) is 16.2. The lowest BCUT2D eigenvalue weighted by molar-refractivity contribution is -0.141. The van der Waals surface area contributed by atoms with E-state index in [4.69, 9.17) is 21.1 Å². The van der Waals surface area contributed by atoms with Gasteiger partial charge in [-0.3, -0.25) is 14.5 Å². The topological polar surface area (TPSA) is 79.6 Å². The number of carbonyl (C=O) groups excluding carboxylic acids is 2. The summed E-state index contributed by atoms with van der Waals surface area (Å²) in [6.07, 6.45) is 1.68. The van der Waals surface area contributed by atoms with Gasteiger partial charge in [0.25, 0.3) is 11.8 Å². The van der Waals surface area contributed by atoms with Crippen LogP contribution in [0.2, 0.25) is 5.02 Å². The van der Waals surface area contributed by atoms with Gasteiger partial charge in [-0.1, -0.05) is 43.6 Å². The van der Waals surface area contributed by atoms with Gasteiger partial charge >= 0.3 is 0 Å². The van der Waals surface area contributed by atoms with E-state index in [2.05, 4.69) is 0 Å². The Morgan fingerprint density at radius 1 is 1.06 bits per heavy atom. The van der Waals surface area contributed by atoms with E-state index < -0.39 is 11.8 Å². The minimum atomic E-state index is -0.545. The van der Waals surface area contributed by atoms with Gasteiger partial charge in [0.2, 0.25) is 0 Å². The molecular formula is C27H27ClN2O4. The smallest absolute Gasteiger partial charge is 0.271 e. The van der Waals surface area contributed by atoms with E-state index in [-0.39, 0.29) is 18.0 Å². The highest BCUT2D eigenvalue weighted by atomic mass is 35.5. The van der Waals surface area contributed by atoms with Crippen LogP contribution < -0.4 is 9.47 Å². The average molecular weight is 479 g/mol. The first kappa shape index (κ1) is 25.1. The quantitative estimate of drug-likeness (QED) is 0.366. The number of hydrogen-bond donors (Lipinski definition) is 0. The van der Waals surface area contributed by atoms with Crippen molar-refractivity contribution in [1.29, 1.82) is 5.26 Å². The monoisotopic (exact) mass is 478 g/mol. The van der Waals surface area contributed by atoms with Crippen LogP contribution in [0.3, 0.4) is 0 Å². The summed E-state index contributed by atoms with van der Waals surface area (Å²) in [6.45, 7) is 8.35. The van der Waals surface area contributed by atoms with Gasteiger partial charge < -0.3 is 9.47 Å². The molecule has 0 unspecified atom stereocenters. The fraction of sp³-hybridized carbons (Fsp3) is 0.296. The second kappa shape index (κ2) is 11.0. The first-order valence-corrected chi connectivity index (χ1v) is 11.5. The Morgan fingerprint density at radius 3 is 2.38 bits per heavy atom. The van der Waals surface area contributed by atoms with Gasteiger partial charge in [0.15, 0.2) is 11.5 Å². The predicted octanol–water partition coefficient (Wildman–Crippen LogP) is 5.57.